The minimum absolute atomic E-state index is 0.202. The molecule has 0 spiro atoms. The Morgan fingerprint density at radius 3 is 2.27 bits per heavy atom. The third-order valence-electron chi connectivity index (χ3n) is 8.21. The Bertz CT molecular complexity index is 1090. The van der Waals surface area contributed by atoms with Gasteiger partial charge in [-0.2, -0.15) is 0 Å². The van der Waals surface area contributed by atoms with Gasteiger partial charge in [-0.05, 0) is 58.3 Å². The van der Waals surface area contributed by atoms with Gasteiger partial charge in [0.1, 0.15) is 23.7 Å². The lowest BCUT2D eigenvalue weighted by Gasteiger charge is -2.29. The first kappa shape index (κ1) is 27.5. The van der Waals surface area contributed by atoms with Gasteiger partial charge in [0.2, 0.25) is 28.3 Å². The summed E-state index contributed by atoms with van der Waals surface area (Å²) >= 11 is 0. The molecule has 4 aliphatic rings. The zero-order valence-electron chi connectivity index (χ0n) is 21.1. The molecule has 0 bridgehead atoms. The first-order chi connectivity index (χ1) is 17.2. The molecule has 14 heteroatoms. The van der Waals surface area contributed by atoms with E-state index in [-0.39, 0.29) is 12.5 Å². The Morgan fingerprint density at radius 1 is 1.11 bits per heavy atom. The minimum Gasteiger partial charge on any atom is -0.443 e. The van der Waals surface area contributed by atoms with E-state index in [9.17, 15) is 36.4 Å². The van der Waals surface area contributed by atoms with Crippen molar-refractivity contribution in [1.82, 2.24) is 20.3 Å². The van der Waals surface area contributed by atoms with Crippen LogP contribution < -0.4 is 15.4 Å². The van der Waals surface area contributed by atoms with Crippen LogP contribution >= 0.6 is 0 Å². The lowest BCUT2D eigenvalue weighted by molar-refractivity contribution is -0.140. The fourth-order valence-electron chi connectivity index (χ4n) is 4.84. The van der Waals surface area contributed by atoms with Crippen molar-refractivity contribution in [3.8, 4) is 0 Å². The van der Waals surface area contributed by atoms with Gasteiger partial charge in [-0.1, -0.05) is 13.3 Å². The summed E-state index contributed by atoms with van der Waals surface area (Å²) in [6.45, 7) is 4.82. The fourth-order valence-corrected chi connectivity index (χ4v) is 6.15. The molecular formula is C23H34F2N4O7S. The van der Waals surface area contributed by atoms with Gasteiger partial charge in [0, 0.05) is 6.54 Å². The standard InChI is InChI=1S/C23H34F2N4O7S/c1-4-13-5-10-29(15(30)12-26-20(33)36-21(2)6-7-21)16(13)18(31)27-23(11-14(23)17(24)25)19(32)28-37(34,35)22(3)8-9-22/h13-14,16-17H,4-12H2,1-3H3,(H,26,33)(H,27,31)(H,28,32)/t13-,14+,16+,23-/m1/s1. The highest BCUT2D eigenvalue weighted by Crippen LogP contribution is 2.49. The number of ether oxygens (including phenoxy) is 1. The number of halogens is 2. The molecule has 4 atom stereocenters. The minimum atomic E-state index is -4.11. The first-order valence-electron chi connectivity index (χ1n) is 12.6. The summed E-state index contributed by atoms with van der Waals surface area (Å²) in [7, 11) is -4.11. The second-order valence-corrected chi connectivity index (χ2v) is 13.4. The predicted octanol–water partition coefficient (Wildman–Crippen LogP) is 1.03. The smallest absolute Gasteiger partial charge is 0.408 e. The van der Waals surface area contributed by atoms with Gasteiger partial charge < -0.3 is 20.3 Å². The normalized spacial score (nSPS) is 30.9. The lowest BCUT2D eigenvalue weighted by Crippen LogP contribution is -2.59. The van der Waals surface area contributed by atoms with E-state index in [0.717, 1.165) is 12.8 Å². The Kier molecular flexibility index (Phi) is 6.95. The average molecular weight is 549 g/mol. The molecule has 0 aromatic heterocycles. The molecule has 0 radical (unpaired) electrons. The Labute approximate surface area is 214 Å². The van der Waals surface area contributed by atoms with E-state index in [1.165, 1.54) is 11.8 Å². The number of amides is 4. The molecule has 1 saturated heterocycles. The number of hydrogen-bond acceptors (Lipinski definition) is 7. The second kappa shape index (κ2) is 9.35. The number of carbonyl (C=O) groups is 4. The summed E-state index contributed by atoms with van der Waals surface area (Å²) in [5.74, 6) is -4.41. The lowest BCUT2D eigenvalue weighted by atomic mass is 9.96. The molecule has 1 heterocycles. The van der Waals surface area contributed by atoms with Crippen LogP contribution in [-0.4, -0.2) is 78.6 Å². The van der Waals surface area contributed by atoms with Gasteiger partial charge in [0.25, 0.3) is 5.91 Å². The third-order valence-corrected chi connectivity index (χ3v) is 10.4. The van der Waals surface area contributed by atoms with E-state index in [2.05, 4.69) is 10.6 Å². The van der Waals surface area contributed by atoms with E-state index in [1.54, 1.807) is 6.92 Å². The van der Waals surface area contributed by atoms with Crippen molar-refractivity contribution < 1.29 is 41.1 Å². The van der Waals surface area contributed by atoms with Gasteiger partial charge in [-0.3, -0.25) is 19.1 Å². The van der Waals surface area contributed by atoms with Gasteiger partial charge in [0.15, 0.2) is 0 Å². The van der Waals surface area contributed by atoms with Crippen molar-refractivity contribution in [2.75, 3.05) is 13.1 Å². The van der Waals surface area contributed by atoms with E-state index in [1.807, 2.05) is 11.6 Å². The molecule has 4 fully saturated rings. The average Bonchev–Trinajstić information content (AvgIpc) is 3.76. The zero-order valence-corrected chi connectivity index (χ0v) is 22.0. The molecular weight excluding hydrogens is 514 g/mol. The summed E-state index contributed by atoms with van der Waals surface area (Å²) in [5.41, 5.74) is -2.61. The maximum atomic E-state index is 13.6. The number of rotatable bonds is 10. The van der Waals surface area contributed by atoms with Crippen LogP contribution in [0, 0.1) is 11.8 Å². The molecule has 0 aromatic carbocycles. The number of sulfonamides is 1. The van der Waals surface area contributed by atoms with E-state index >= 15 is 0 Å². The maximum Gasteiger partial charge on any atom is 0.408 e. The molecule has 37 heavy (non-hydrogen) atoms. The number of alkyl halides is 2. The Morgan fingerprint density at radius 2 is 1.76 bits per heavy atom. The van der Waals surface area contributed by atoms with Crippen LogP contribution in [0.3, 0.4) is 0 Å². The summed E-state index contributed by atoms with van der Waals surface area (Å²) < 4.78 is 58.3. The third kappa shape index (κ3) is 5.39. The van der Waals surface area contributed by atoms with Crippen LogP contribution in [0.2, 0.25) is 0 Å². The van der Waals surface area contributed by atoms with E-state index in [4.69, 9.17) is 4.74 Å². The highest BCUT2D eigenvalue weighted by atomic mass is 32.2. The molecule has 208 valence electrons. The summed E-state index contributed by atoms with van der Waals surface area (Å²) in [5, 5.41) is 4.77. The molecule has 0 unspecified atom stereocenters. The van der Waals surface area contributed by atoms with Crippen LogP contribution in [0.5, 0.6) is 0 Å². The van der Waals surface area contributed by atoms with Crippen molar-refractivity contribution in [2.45, 2.75) is 94.1 Å². The van der Waals surface area contributed by atoms with Crippen molar-refractivity contribution in [3.05, 3.63) is 0 Å². The summed E-state index contributed by atoms with van der Waals surface area (Å²) in [6, 6.07) is -1.06. The van der Waals surface area contributed by atoms with Crippen LogP contribution in [0.4, 0.5) is 13.6 Å². The topological polar surface area (TPSA) is 151 Å². The highest BCUT2D eigenvalue weighted by molar-refractivity contribution is 7.91. The Balaban J connectivity index is 1.45. The van der Waals surface area contributed by atoms with Crippen LogP contribution in [0.15, 0.2) is 0 Å². The molecule has 11 nitrogen and oxygen atoms in total. The number of alkyl carbamates (subject to hydrolysis) is 1. The number of carbonyl (C=O) groups excluding carboxylic acids is 4. The SMILES string of the molecule is CC[C@@H]1CCN(C(=O)CNC(=O)OC2(C)CC2)[C@@H]1C(=O)N[C@]1(C(=O)NS(=O)(=O)C2(C)CC2)C[C@H]1C(F)F. The van der Waals surface area contributed by atoms with Crippen LogP contribution in [0.1, 0.15) is 65.7 Å². The van der Waals surface area contributed by atoms with Gasteiger partial charge >= 0.3 is 6.09 Å². The second-order valence-electron chi connectivity index (χ2n) is 11.2. The largest absolute Gasteiger partial charge is 0.443 e. The number of nitrogens with zero attached hydrogens (tertiary/aromatic N) is 1. The van der Waals surface area contributed by atoms with Gasteiger partial charge in [-0.15, -0.1) is 0 Å². The van der Waals surface area contributed by atoms with E-state index < -0.39 is 81.1 Å². The van der Waals surface area contributed by atoms with Crippen molar-refractivity contribution in [2.24, 2.45) is 11.8 Å². The predicted molar refractivity (Wildman–Crippen MR) is 126 cm³/mol. The quantitative estimate of drug-likeness (QED) is 0.369. The van der Waals surface area contributed by atoms with Gasteiger partial charge in [0.05, 0.1) is 10.7 Å². The Hall–Kier alpha value is -2.51. The van der Waals surface area contributed by atoms with Crippen LogP contribution in [-0.2, 0) is 29.1 Å². The van der Waals surface area contributed by atoms with Gasteiger partial charge in [-0.25, -0.2) is 22.0 Å². The van der Waals surface area contributed by atoms with Crippen molar-refractivity contribution in [1.29, 1.82) is 0 Å². The zero-order chi connectivity index (χ0) is 27.4. The molecule has 4 amide bonds. The molecule has 3 aliphatic carbocycles. The number of nitrogens with one attached hydrogen (secondary N) is 3. The number of hydrogen-bond donors (Lipinski definition) is 3. The van der Waals surface area contributed by atoms with Crippen molar-refractivity contribution in [3.63, 3.8) is 0 Å². The van der Waals surface area contributed by atoms with Crippen molar-refractivity contribution >= 4 is 33.8 Å². The maximum absolute atomic E-state index is 13.6. The molecule has 0 aromatic rings. The highest BCUT2D eigenvalue weighted by Gasteiger charge is 2.67. The van der Waals surface area contributed by atoms with E-state index in [0.29, 0.717) is 25.7 Å². The fraction of sp³-hybridized carbons (Fsp3) is 0.826. The first-order valence-corrected chi connectivity index (χ1v) is 14.1. The monoisotopic (exact) mass is 548 g/mol. The summed E-state index contributed by atoms with van der Waals surface area (Å²) in [6.07, 6.45) is -1.02. The molecule has 3 saturated carbocycles. The summed E-state index contributed by atoms with van der Waals surface area (Å²) in [4.78, 5) is 52.5. The molecule has 4 rings (SSSR count). The number of likely N-dealkylation sites (tertiary alicyclic amines) is 1. The molecule has 3 N–H and O–H groups in total. The van der Waals surface area contributed by atoms with Crippen LogP contribution in [0.25, 0.3) is 0 Å². The molecule has 1 aliphatic heterocycles.